The fourth-order valence-corrected chi connectivity index (χ4v) is 3.95. The Labute approximate surface area is 190 Å². The van der Waals surface area contributed by atoms with Gasteiger partial charge in [0.15, 0.2) is 0 Å². The summed E-state index contributed by atoms with van der Waals surface area (Å²) in [5.74, 6) is -0.546. The van der Waals surface area contributed by atoms with Crippen molar-refractivity contribution in [3.05, 3.63) is 76.0 Å². The van der Waals surface area contributed by atoms with Gasteiger partial charge in [0, 0.05) is 27.3 Å². The zero-order valence-electron chi connectivity index (χ0n) is 19.6. The van der Waals surface area contributed by atoms with E-state index in [1.807, 2.05) is 68.1 Å². The number of imide groups is 1. The Morgan fingerprint density at radius 2 is 1.41 bits per heavy atom. The smallest absolute Gasteiger partial charge is 0.278 e. The molecule has 0 fully saturated rings. The van der Waals surface area contributed by atoms with E-state index in [9.17, 15) is 9.59 Å². The van der Waals surface area contributed by atoms with Crippen molar-refractivity contribution in [2.24, 2.45) is 0 Å². The maximum atomic E-state index is 13.6. The highest BCUT2D eigenvalue weighted by molar-refractivity contribution is 6.35. The summed E-state index contributed by atoms with van der Waals surface area (Å²) in [4.78, 5) is 30.5. The monoisotopic (exact) mass is 436 g/mol. The van der Waals surface area contributed by atoms with Gasteiger partial charge in [0.2, 0.25) is 0 Å². The van der Waals surface area contributed by atoms with Crippen LogP contribution in [0.1, 0.15) is 27.8 Å². The average Bonchev–Trinajstić information content (AvgIpc) is 3.00. The number of hydrogen-bond acceptors (Lipinski definition) is 5. The standard InChI is InChI=1S/C26H32N2O4/c1-18-6-9-21(10-7-18)17-28-25(29)23(22-11-8-19(2)16-20(22)3)24(26(28)30)27(12-14-31-4)13-15-32-5/h6-11,16H,12-15,17H2,1-5H3. The van der Waals surface area contributed by atoms with E-state index in [0.29, 0.717) is 37.6 Å². The van der Waals surface area contributed by atoms with Crippen LogP contribution in [0.5, 0.6) is 0 Å². The molecule has 2 amide bonds. The van der Waals surface area contributed by atoms with Gasteiger partial charge in [-0.05, 0) is 37.5 Å². The van der Waals surface area contributed by atoms with Crippen molar-refractivity contribution in [3.8, 4) is 0 Å². The van der Waals surface area contributed by atoms with Crippen LogP contribution in [-0.4, -0.2) is 62.1 Å². The van der Waals surface area contributed by atoms with E-state index in [1.165, 1.54) is 4.90 Å². The van der Waals surface area contributed by atoms with Crippen molar-refractivity contribution in [1.82, 2.24) is 9.80 Å². The molecule has 6 nitrogen and oxygen atoms in total. The zero-order chi connectivity index (χ0) is 23.3. The van der Waals surface area contributed by atoms with Crippen LogP contribution < -0.4 is 0 Å². The third kappa shape index (κ3) is 5.09. The Bertz CT molecular complexity index is 1000. The maximum Gasteiger partial charge on any atom is 0.278 e. The molecule has 0 aromatic heterocycles. The van der Waals surface area contributed by atoms with Crippen molar-refractivity contribution >= 4 is 17.4 Å². The number of amides is 2. The SMILES string of the molecule is COCCN(CCOC)C1=C(c2ccc(C)cc2C)C(=O)N(Cc2ccc(C)cc2)C1=O. The number of aryl methyl sites for hydroxylation is 3. The lowest BCUT2D eigenvalue weighted by Crippen LogP contribution is -2.37. The Morgan fingerprint density at radius 1 is 0.812 bits per heavy atom. The molecule has 0 bridgehead atoms. The van der Waals surface area contributed by atoms with Crippen LogP contribution in [-0.2, 0) is 25.6 Å². The largest absolute Gasteiger partial charge is 0.383 e. The third-order valence-corrected chi connectivity index (χ3v) is 5.70. The van der Waals surface area contributed by atoms with Crippen LogP contribution >= 0.6 is 0 Å². The average molecular weight is 437 g/mol. The minimum Gasteiger partial charge on any atom is -0.383 e. The van der Waals surface area contributed by atoms with E-state index in [4.69, 9.17) is 9.47 Å². The van der Waals surface area contributed by atoms with E-state index < -0.39 is 0 Å². The first kappa shape index (κ1) is 23.7. The molecule has 0 unspecified atom stereocenters. The molecule has 0 spiro atoms. The van der Waals surface area contributed by atoms with Crippen molar-refractivity contribution in [3.63, 3.8) is 0 Å². The highest BCUT2D eigenvalue weighted by atomic mass is 16.5. The summed E-state index contributed by atoms with van der Waals surface area (Å²) >= 11 is 0. The van der Waals surface area contributed by atoms with Crippen LogP contribution in [0, 0.1) is 20.8 Å². The van der Waals surface area contributed by atoms with Crippen LogP contribution in [0.15, 0.2) is 48.2 Å². The fraction of sp³-hybridized carbons (Fsp3) is 0.385. The predicted octanol–water partition coefficient (Wildman–Crippen LogP) is 3.49. The van der Waals surface area contributed by atoms with Gasteiger partial charge in [-0.15, -0.1) is 0 Å². The van der Waals surface area contributed by atoms with Gasteiger partial charge in [-0.2, -0.15) is 0 Å². The topological polar surface area (TPSA) is 59.1 Å². The van der Waals surface area contributed by atoms with Crippen molar-refractivity contribution < 1.29 is 19.1 Å². The lowest BCUT2D eigenvalue weighted by molar-refractivity contribution is -0.138. The number of rotatable bonds is 10. The summed E-state index contributed by atoms with van der Waals surface area (Å²) in [6.07, 6.45) is 0. The van der Waals surface area contributed by atoms with Crippen molar-refractivity contribution in [2.75, 3.05) is 40.5 Å². The van der Waals surface area contributed by atoms with Gasteiger partial charge in [-0.1, -0.05) is 53.6 Å². The summed E-state index contributed by atoms with van der Waals surface area (Å²) < 4.78 is 10.5. The molecule has 1 aliphatic heterocycles. The molecule has 1 heterocycles. The molecule has 0 saturated carbocycles. The summed E-state index contributed by atoms with van der Waals surface area (Å²) in [5.41, 5.74) is 5.78. The van der Waals surface area contributed by atoms with E-state index in [2.05, 4.69) is 0 Å². The maximum absolute atomic E-state index is 13.6. The number of hydrogen-bond donors (Lipinski definition) is 0. The number of methoxy groups -OCH3 is 2. The molecule has 0 saturated heterocycles. The Hall–Kier alpha value is -2.96. The van der Waals surface area contributed by atoms with Gasteiger partial charge in [-0.25, -0.2) is 0 Å². The quantitative estimate of drug-likeness (QED) is 0.534. The summed E-state index contributed by atoms with van der Waals surface area (Å²) in [5, 5.41) is 0. The molecular formula is C26H32N2O4. The summed E-state index contributed by atoms with van der Waals surface area (Å²) in [7, 11) is 3.25. The second kappa shape index (κ2) is 10.6. The molecule has 6 heteroatoms. The van der Waals surface area contributed by atoms with Crippen molar-refractivity contribution in [2.45, 2.75) is 27.3 Å². The molecule has 2 aromatic carbocycles. The lowest BCUT2D eigenvalue weighted by atomic mass is 9.97. The van der Waals surface area contributed by atoms with E-state index in [-0.39, 0.29) is 18.4 Å². The Morgan fingerprint density at radius 3 is 1.97 bits per heavy atom. The summed E-state index contributed by atoms with van der Waals surface area (Å²) in [6.45, 7) is 8.08. The molecule has 0 aliphatic carbocycles. The molecular weight excluding hydrogens is 404 g/mol. The zero-order valence-corrected chi connectivity index (χ0v) is 19.6. The number of ether oxygens (including phenoxy) is 2. The third-order valence-electron chi connectivity index (χ3n) is 5.70. The highest BCUT2D eigenvalue weighted by Crippen LogP contribution is 2.34. The molecule has 0 N–H and O–H groups in total. The first-order valence-corrected chi connectivity index (χ1v) is 10.8. The molecule has 1 aliphatic rings. The van der Waals surface area contributed by atoms with Crippen LogP contribution in [0.4, 0.5) is 0 Å². The normalized spacial score (nSPS) is 14.0. The minimum atomic E-state index is -0.280. The predicted molar refractivity (Wildman–Crippen MR) is 125 cm³/mol. The molecule has 3 rings (SSSR count). The first-order valence-electron chi connectivity index (χ1n) is 10.8. The van der Waals surface area contributed by atoms with Gasteiger partial charge in [0.05, 0.1) is 25.3 Å². The van der Waals surface area contributed by atoms with Crippen LogP contribution in [0.25, 0.3) is 5.57 Å². The van der Waals surface area contributed by atoms with E-state index in [0.717, 1.165) is 27.8 Å². The van der Waals surface area contributed by atoms with E-state index in [1.54, 1.807) is 14.2 Å². The van der Waals surface area contributed by atoms with Gasteiger partial charge in [-0.3, -0.25) is 14.5 Å². The number of benzene rings is 2. The number of carbonyl (C=O) groups is 2. The second-order valence-corrected chi connectivity index (χ2v) is 8.20. The van der Waals surface area contributed by atoms with E-state index >= 15 is 0 Å². The van der Waals surface area contributed by atoms with Gasteiger partial charge >= 0.3 is 0 Å². The van der Waals surface area contributed by atoms with Gasteiger partial charge < -0.3 is 14.4 Å². The molecule has 0 radical (unpaired) electrons. The van der Waals surface area contributed by atoms with Crippen molar-refractivity contribution in [1.29, 1.82) is 0 Å². The first-order chi connectivity index (χ1) is 15.4. The van der Waals surface area contributed by atoms with Crippen LogP contribution in [0.3, 0.4) is 0 Å². The fourth-order valence-electron chi connectivity index (χ4n) is 3.95. The second-order valence-electron chi connectivity index (χ2n) is 8.20. The number of nitrogens with zero attached hydrogens (tertiary/aromatic N) is 2. The summed E-state index contributed by atoms with van der Waals surface area (Å²) in [6, 6.07) is 13.8. The highest BCUT2D eigenvalue weighted by Gasteiger charge is 2.41. The van der Waals surface area contributed by atoms with Gasteiger partial charge in [0.1, 0.15) is 5.70 Å². The molecule has 32 heavy (non-hydrogen) atoms. The number of carbonyl (C=O) groups excluding carboxylic acids is 2. The minimum absolute atomic E-state index is 0.234. The van der Waals surface area contributed by atoms with Crippen LogP contribution in [0.2, 0.25) is 0 Å². The lowest BCUT2D eigenvalue weighted by Gasteiger charge is -2.26. The molecule has 0 atom stereocenters. The Kier molecular flexibility index (Phi) is 7.83. The molecule has 2 aromatic rings. The van der Waals surface area contributed by atoms with Gasteiger partial charge in [0.25, 0.3) is 11.8 Å². The Balaban J connectivity index is 2.07. The molecule has 170 valence electrons.